The number of unbranched alkanes of at least 4 members (excludes halogenated alkanes) is 2. The van der Waals surface area contributed by atoms with E-state index in [0.717, 1.165) is 38.9 Å². The number of rotatable bonds is 11. The molecule has 0 aliphatic rings. The number of amides is 1. The molecule has 0 spiro atoms. The lowest BCUT2D eigenvalue weighted by atomic mass is 10.2. The first-order chi connectivity index (χ1) is 8.74. The summed E-state index contributed by atoms with van der Waals surface area (Å²) in [5.74, 6) is 4.88. The predicted molar refractivity (Wildman–Crippen MR) is 69.3 cm³/mol. The molecule has 18 heavy (non-hydrogen) atoms. The molecule has 0 bridgehead atoms. The van der Waals surface area contributed by atoms with E-state index in [9.17, 15) is 4.79 Å². The van der Waals surface area contributed by atoms with Gasteiger partial charge in [0, 0.05) is 33.0 Å². The van der Waals surface area contributed by atoms with E-state index in [-0.39, 0.29) is 5.91 Å². The first-order valence-electron chi connectivity index (χ1n) is 6.32. The fourth-order valence-corrected chi connectivity index (χ4v) is 1.63. The predicted octanol–water partition coefficient (Wildman–Crippen LogP) is 0.399. The largest absolute Gasteiger partial charge is 0.383 e. The van der Waals surface area contributed by atoms with Gasteiger partial charge in [-0.25, -0.2) is 5.84 Å². The van der Waals surface area contributed by atoms with Gasteiger partial charge in [0.2, 0.25) is 5.91 Å². The van der Waals surface area contributed by atoms with Gasteiger partial charge in [-0.3, -0.25) is 10.2 Å². The third-order valence-electron chi connectivity index (χ3n) is 2.69. The topological polar surface area (TPSA) is 91.4 Å². The minimum Gasteiger partial charge on any atom is -0.383 e. The summed E-state index contributed by atoms with van der Waals surface area (Å²) in [6, 6.07) is 2.15. The van der Waals surface area contributed by atoms with Crippen molar-refractivity contribution in [2.24, 2.45) is 5.84 Å². The Bertz CT molecular complexity index is 253. The van der Waals surface area contributed by atoms with Gasteiger partial charge < -0.3 is 9.64 Å². The molecule has 104 valence electrons. The zero-order valence-corrected chi connectivity index (χ0v) is 11.2. The minimum atomic E-state index is -0.115. The highest BCUT2D eigenvalue weighted by Gasteiger charge is 2.04. The Hall–Kier alpha value is -1.16. The van der Waals surface area contributed by atoms with Gasteiger partial charge in [0.1, 0.15) is 0 Å². The molecule has 0 rings (SSSR count). The number of carbonyl (C=O) groups excluding carboxylic acids is 1. The van der Waals surface area contributed by atoms with Crippen molar-refractivity contribution in [1.29, 1.82) is 5.26 Å². The summed E-state index contributed by atoms with van der Waals surface area (Å²) in [6.07, 6.45) is 3.88. The second-order valence-corrected chi connectivity index (χ2v) is 4.12. The molecule has 0 fully saturated rings. The highest BCUT2D eigenvalue weighted by molar-refractivity contribution is 5.74. The zero-order valence-electron chi connectivity index (χ0n) is 11.2. The second-order valence-electron chi connectivity index (χ2n) is 4.12. The van der Waals surface area contributed by atoms with Crippen LogP contribution in [0.25, 0.3) is 0 Å². The molecule has 0 unspecified atom stereocenters. The molecule has 0 radical (unpaired) electrons. The van der Waals surface area contributed by atoms with Gasteiger partial charge in [-0.2, -0.15) is 5.26 Å². The van der Waals surface area contributed by atoms with Crippen molar-refractivity contribution < 1.29 is 9.53 Å². The van der Waals surface area contributed by atoms with E-state index in [0.29, 0.717) is 19.4 Å². The van der Waals surface area contributed by atoms with Crippen molar-refractivity contribution in [3.8, 4) is 6.07 Å². The molecule has 0 saturated heterocycles. The number of methoxy groups -OCH3 is 1. The van der Waals surface area contributed by atoms with Crippen LogP contribution < -0.4 is 11.3 Å². The summed E-state index contributed by atoms with van der Waals surface area (Å²) in [5, 5.41) is 8.57. The van der Waals surface area contributed by atoms with Crippen molar-refractivity contribution in [1.82, 2.24) is 10.3 Å². The lowest BCUT2D eigenvalue weighted by Crippen LogP contribution is -2.30. The summed E-state index contributed by atoms with van der Waals surface area (Å²) in [4.78, 5) is 13.1. The van der Waals surface area contributed by atoms with E-state index in [1.54, 1.807) is 7.11 Å². The highest BCUT2D eigenvalue weighted by atomic mass is 16.5. The van der Waals surface area contributed by atoms with Gasteiger partial charge in [-0.05, 0) is 19.4 Å². The van der Waals surface area contributed by atoms with Gasteiger partial charge in [0.05, 0.1) is 12.7 Å². The van der Waals surface area contributed by atoms with E-state index in [2.05, 4.69) is 16.4 Å². The fourth-order valence-electron chi connectivity index (χ4n) is 1.63. The molecule has 6 nitrogen and oxygen atoms in total. The van der Waals surface area contributed by atoms with Crippen LogP contribution in [0.5, 0.6) is 0 Å². The second kappa shape index (κ2) is 12.3. The van der Waals surface area contributed by atoms with E-state index >= 15 is 0 Å². The van der Waals surface area contributed by atoms with Crippen molar-refractivity contribution in [3.05, 3.63) is 0 Å². The Morgan fingerprint density at radius 3 is 2.72 bits per heavy atom. The van der Waals surface area contributed by atoms with Crippen molar-refractivity contribution in [3.63, 3.8) is 0 Å². The monoisotopic (exact) mass is 256 g/mol. The highest BCUT2D eigenvalue weighted by Crippen LogP contribution is 2.02. The minimum absolute atomic E-state index is 0.115. The maximum absolute atomic E-state index is 10.9. The number of nitrogens with one attached hydrogen (secondary N) is 1. The van der Waals surface area contributed by atoms with Crippen molar-refractivity contribution in [2.45, 2.75) is 32.1 Å². The average Bonchev–Trinajstić information content (AvgIpc) is 2.40. The maximum Gasteiger partial charge on any atom is 0.233 e. The number of hydrazine groups is 1. The van der Waals surface area contributed by atoms with Crippen LogP contribution in [0.3, 0.4) is 0 Å². The molecule has 0 heterocycles. The molecule has 0 saturated carbocycles. The molecule has 3 N–H and O–H groups in total. The van der Waals surface area contributed by atoms with Crippen molar-refractivity contribution >= 4 is 5.91 Å². The first-order valence-corrected chi connectivity index (χ1v) is 6.32. The third kappa shape index (κ3) is 10.0. The molecule has 0 aliphatic carbocycles. The molecule has 6 heteroatoms. The summed E-state index contributed by atoms with van der Waals surface area (Å²) in [6.45, 7) is 3.25. The van der Waals surface area contributed by atoms with Gasteiger partial charge in [0.25, 0.3) is 0 Å². The van der Waals surface area contributed by atoms with E-state index in [1.165, 1.54) is 0 Å². The Balaban J connectivity index is 3.61. The molecule has 1 amide bonds. The number of carbonyl (C=O) groups is 1. The summed E-state index contributed by atoms with van der Waals surface area (Å²) >= 11 is 0. The Morgan fingerprint density at radius 2 is 2.11 bits per heavy atom. The molecule has 0 aromatic rings. The van der Waals surface area contributed by atoms with Crippen LogP contribution in [-0.2, 0) is 9.53 Å². The number of ether oxygens (including phenoxy) is 1. The number of hydrogen-bond acceptors (Lipinski definition) is 5. The van der Waals surface area contributed by atoms with Crippen LogP contribution in [0.2, 0.25) is 0 Å². The normalized spacial score (nSPS) is 10.3. The Labute approximate surface area is 109 Å². The molecule has 0 atom stereocenters. The van der Waals surface area contributed by atoms with Crippen molar-refractivity contribution in [2.75, 3.05) is 33.4 Å². The van der Waals surface area contributed by atoms with Gasteiger partial charge >= 0.3 is 0 Å². The maximum atomic E-state index is 10.9. The first kappa shape index (κ1) is 16.8. The summed E-state index contributed by atoms with van der Waals surface area (Å²) in [7, 11) is 1.67. The van der Waals surface area contributed by atoms with Crippen LogP contribution in [-0.4, -0.2) is 44.2 Å². The molecule has 0 aromatic carbocycles. The quantitative estimate of drug-likeness (QED) is 0.242. The lowest BCUT2D eigenvalue weighted by Gasteiger charge is -2.20. The summed E-state index contributed by atoms with van der Waals surface area (Å²) in [5.41, 5.74) is 2.12. The number of nitriles is 1. The van der Waals surface area contributed by atoms with Gasteiger partial charge in [-0.1, -0.05) is 6.42 Å². The van der Waals surface area contributed by atoms with Gasteiger partial charge in [0.15, 0.2) is 0 Å². The van der Waals surface area contributed by atoms with Crippen LogP contribution in [0, 0.1) is 11.3 Å². The Kier molecular flexibility index (Phi) is 11.5. The number of nitrogens with two attached hydrogens (primary N) is 1. The fraction of sp³-hybridized carbons (Fsp3) is 0.833. The number of hydrogen-bond donors (Lipinski definition) is 2. The number of nitrogens with zero attached hydrogens (tertiary/aromatic N) is 2. The molecular formula is C12H24N4O2. The zero-order chi connectivity index (χ0) is 13.6. The van der Waals surface area contributed by atoms with Crippen LogP contribution in [0.1, 0.15) is 32.1 Å². The average molecular weight is 256 g/mol. The SMILES string of the molecule is COCCN(CCC#N)CCCCCC(=O)NN. The van der Waals surface area contributed by atoms with E-state index in [1.807, 2.05) is 0 Å². The molecule has 0 aromatic heterocycles. The standard InChI is InChI=1S/C12H24N4O2/c1-18-11-10-16(9-5-7-13)8-4-2-3-6-12(17)15-14/h2-6,8-11,14H2,1H3,(H,15,17). The lowest BCUT2D eigenvalue weighted by molar-refractivity contribution is -0.121. The van der Waals surface area contributed by atoms with Crippen LogP contribution >= 0.6 is 0 Å². The van der Waals surface area contributed by atoms with Crippen LogP contribution in [0.4, 0.5) is 0 Å². The van der Waals surface area contributed by atoms with Crippen LogP contribution in [0.15, 0.2) is 0 Å². The van der Waals surface area contributed by atoms with Gasteiger partial charge in [-0.15, -0.1) is 0 Å². The smallest absolute Gasteiger partial charge is 0.233 e. The Morgan fingerprint density at radius 1 is 1.33 bits per heavy atom. The van der Waals surface area contributed by atoms with E-state index in [4.69, 9.17) is 15.8 Å². The third-order valence-corrected chi connectivity index (χ3v) is 2.69. The van der Waals surface area contributed by atoms with E-state index < -0.39 is 0 Å². The molecule has 0 aliphatic heterocycles. The summed E-state index contributed by atoms with van der Waals surface area (Å²) < 4.78 is 5.03. The molecular weight excluding hydrogens is 232 g/mol.